The first-order chi connectivity index (χ1) is 12.8. The molecule has 0 aromatic heterocycles. The lowest BCUT2D eigenvalue weighted by molar-refractivity contribution is -0.116. The Hall–Kier alpha value is -3.20. The van der Waals surface area contributed by atoms with Crippen LogP contribution in [0.1, 0.15) is 27.1 Å². The third kappa shape index (κ3) is 3.82. The Labute approximate surface area is 155 Å². The Balaban J connectivity index is 1.73. The van der Waals surface area contributed by atoms with Gasteiger partial charge in [-0.15, -0.1) is 0 Å². The zero-order chi connectivity index (χ0) is 19.6. The first-order valence-electron chi connectivity index (χ1n) is 7.97. The standard InChI is InChI=1S/C18H16N2O6S/c1-26-18(23)13-2-6-14(7-3-13)19-17(22)12-4-8-15(9-5-12)20-16(21)10-11-27(20,24)25/h2-9H,10-11H2,1H3,(H,19,22). The monoisotopic (exact) mass is 388 g/mol. The van der Waals surface area contributed by atoms with Crippen LogP contribution in [0.2, 0.25) is 0 Å². The molecule has 0 saturated carbocycles. The van der Waals surface area contributed by atoms with E-state index in [-0.39, 0.29) is 17.9 Å². The van der Waals surface area contributed by atoms with E-state index in [9.17, 15) is 22.8 Å². The van der Waals surface area contributed by atoms with Crippen LogP contribution in [0, 0.1) is 0 Å². The summed E-state index contributed by atoms with van der Waals surface area (Å²) in [7, 11) is -2.36. The van der Waals surface area contributed by atoms with E-state index >= 15 is 0 Å². The molecule has 2 aromatic rings. The molecule has 0 unspecified atom stereocenters. The van der Waals surface area contributed by atoms with E-state index in [1.54, 1.807) is 12.1 Å². The largest absolute Gasteiger partial charge is 0.465 e. The van der Waals surface area contributed by atoms with Gasteiger partial charge in [0, 0.05) is 17.7 Å². The number of sulfonamides is 1. The summed E-state index contributed by atoms with van der Waals surface area (Å²) >= 11 is 0. The molecule has 2 amide bonds. The minimum absolute atomic E-state index is 0.0495. The Morgan fingerprint density at radius 2 is 1.59 bits per heavy atom. The zero-order valence-corrected chi connectivity index (χ0v) is 15.2. The van der Waals surface area contributed by atoms with Gasteiger partial charge in [-0.25, -0.2) is 17.5 Å². The number of benzene rings is 2. The molecule has 9 heteroatoms. The van der Waals surface area contributed by atoms with Crippen molar-refractivity contribution in [2.45, 2.75) is 6.42 Å². The second-order valence-electron chi connectivity index (χ2n) is 5.79. The average molecular weight is 388 g/mol. The average Bonchev–Trinajstić information content (AvgIpc) is 2.94. The van der Waals surface area contributed by atoms with Crippen LogP contribution in [0.4, 0.5) is 11.4 Å². The summed E-state index contributed by atoms with van der Waals surface area (Å²) in [4.78, 5) is 35.5. The van der Waals surface area contributed by atoms with E-state index in [0.29, 0.717) is 16.8 Å². The maximum absolute atomic E-state index is 12.3. The highest BCUT2D eigenvalue weighted by atomic mass is 32.2. The van der Waals surface area contributed by atoms with Crippen LogP contribution < -0.4 is 9.62 Å². The SMILES string of the molecule is COC(=O)c1ccc(NC(=O)c2ccc(N3C(=O)CCS3(=O)=O)cc2)cc1. The summed E-state index contributed by atoms with van der Waals surface area (Å²) in [5.41, 5.74) is 1.33. The van der Waals surface area contributed by atoms with Gasteiger partial charge in [-0.3, -0.25) is 9.59 Å². The van der Waals surface area contributed by atoms with Crippen LogP contribution in [0.25, 0.3) is 0 Å². The third-order valence-electron chi connectivity index (χ3n) is 4.01. The normalized spacial score (nSPS) is 15.4. The molecular formula is C18H16N2O6S. The minimum Gasteiger partial charge on any atom is -0.465 e. The van der Waals surface area contributed by atoms with Crippen LogP contribution in [-0.2, 0) is 19.6 Å². The van der Waals surface area contributed by atoms with Gasteiger partial charge in [0.15, 0.2) is 0 Å². The number of rotatable bonds is 4. The molecule has 0 radical (unpaired) electrons. The quantitative estimate of drug-likeness (QED) is 0.800. The van der Waals surface area contributed by atoms with Gasteiger partial charge in [0.25, 0.3) is 5.91 Å². The lowest BCUT2D eigenvalue weighted by Gasteiger charge is -2.15. The predicted molar refractivity (Wildman–Crippen MR) is 98.1 cm³/mol. The highest BCUT2D eigenvalue weighted by molar-refractivity contribution is 7.94. The van der Waals surface area contributed by atoms with Crippen LogP contribution >= 0.6 is 0 Å². The van der Waals surface area contributed by atoms with Gasteiger partial charge in [0.1, 0.15) is 0 Å². The fraction of sp³-hybridized carbons (Fsp3) is 0.167. The van der Waals surface area contributed by atoms with Gasteiger partial charge in [0.2, 0.25) is 15.9 Å². The Morgan fingerprint density at radius 1 is 1.00 bits per heavy atom. The second-order valence-corrected chi connectivity index (χ2v) is 7.73. The fourth-order valence-electron chi connectivity index (χ4n) is 2.63. The maximum atomic E-state index is 12.3. The van der Waals surface area contributed by atoms with E-state index in [1.807, 2.05) is 0 Å². The van der Waals surface area contributed by atoms with Crippen molar-refractivity contribution < 1.29 is 27.5 Å². The zero-order valence-electron chi connectivity index (χ0n) is 14.3. The van der Waals surface area contributed by atoms with Crippen molar-refractivity contribution in [3.05, 3.63) is 59.7 Å². The van der Waals surface area contributed by atoms with Crippen LogP contribution in [0.3, 0.4) is 0 Å². The summed E-state index contributed by atoms with van der Waals surface area (Å²) in [5, 5.41) is 2.67. The first kappa shape index (κ1) is 18.6. The molecule has 1 aliphatic rings. The van der Waals surface area contributed by atoms with Crippen molar-refractivity contribution >= 4 is 39.2 Å². The minimum atomic E-state index is -3.64. The number of nitrogens with one attached hydrogen (secondary N) is 1. The van der Waals surface area contributed by atoms with Crippen LogP contribution in [-0.4, -0.2) is 39.1 Å². The number of hydrogen-bond donors (Lipinski definition) is 1. The molecule has 8 nitrogen and oxygen atoms in total. The molecule has 27 heavy (non-hydrogen) atoms. The number of methoxy groups -OCH3 is 1. The molecule has 1 aliphatic heterocycles. The Kier molecular flexibility index (Phi) is 4.95. The smallest absolute Gasteiger partial charge is 0.337 e. The molecule has 140 valence electrons. The lowest BCUT2D eigenvalue weighted by atomic mass is 10.1. The van der Waals surface area contributed by atoms with Gasteiger partial charge in [-0.05, 0) is 48.5 Å². The van der Waals surface area contributed by atoms with Gasteiger partial charge < -0.3 is 10.1 Å². The Bertz CT molecular complexity index is 997. The lowest BCUT2D eigenvalue weighted by Crippen LogP contribution is -2.29. The van der Waals surface area contributed by atoms with E-state index in [4.69, 9.17) is 0 Å². The van der Waals surface area contributed by atoms with Crippen LogP contribution in [0.15, 0.2) is 48.5 Å². The van der Waals surface area contributed by atoms with Crippen molar-refractivity contribution in [2.24, 2.45) is 0 Å². The van der Waals surface area contributed by atoms with E-state index in [1.165, 1.54) is 43.5 Å². The molecule has 1 N–H and O–H groups in total. The second kappa shape index (κ2) is 7.20. The highest BCUT2D eigenvalue weighted by Crippen LogP contribution is 2.25. The fourth-order valence-corrected chi connectivity index (χ4v) is 4.09. The number of ether oxygens (including phenoxy) is 1. The van der Waals surface area contributed by atoms with E-state index in [0.717, 1.165) is 4.31 Å². The number of anilines is 2. The molecule has 1 fully saturated rings. The van der Waals surface area contributed by atoms with Gasteiger partial charge in [-0.1, -0.05) is 0 Å². The molecule has 0 aliphatic carbocycles. The van der Waals surface area contributed by atoms with Gasteiger partial charge in [-0.2, -0.15) is 0 Å². The number of nitrogens with zero attached hydrogens (tertiary/aromatic N) is 1. The molecule has 1 saturated heterocycles. The number of carbonyl (C=O) groups is 3. The van der Waals surface area contributed by atoms with E-state index in [2.05, 4.69) is 10.1 Å². The summed E-state index contributed by atoms with van der Waals surface area (Å²) in [6.07, 6.45) is -0.0495. The summed E-state index contributed by atoms with van der Waals surface area (Å²) in [6, 6.07) is 11.9. The summed E-state index contributed by atoms with van der Waals surface area (Å²) in [6.45, 7) is 0. The molecule has 0 atom stereocenters. The predicted octanol–water partition coefficient (Wildman–Crippen LogP) is 1.79. The van der Waals surface area contributed by atoms with Crippen molar-refractivity contribution in [1.82, 2.24) is 0 Å². The maximum Gasteiger partial charge on any atom is 0.337 e. The molecule has 0 spiro atoms. The van der Waals surface area contributed by atoms with Gasteiger partial charge >= 0.3 is 5.97 Å². The van der Waals surface area contributed by atoms with Crippen molar-refractivity contribution in [3.63, 3.8) is 0 Å². The molecular weight excluding hydrogens is 372 g/mol. The number of esters is 1. The van der Waals surface area contributed by atoms with E-state index < -0.39 is 27.8 Å². The number of amides is 2. The first-order valence-corrected chi connectivity index (χ1v) is 9.58. The van der Waals surface area contributed by atoms with Gasteiger partial charge in [0.05, 0.1) is 24.1 Å². The number of hydrogen-bond acceptors (Lipinski definition) is 6. The molecule has 0 bridgehead atoms. The third-order valence-corrected chi connectivity index (χ3v) is 5.70. The van der Waals surface area contributed by atoms with Crippen molar-refractivity contribution in [1.29, 1.82) is 0 Å². The van der Waals surface area contributed by atoms with Crippen molar-refractivity contribution in [2.75, 3.05) is 22.5 Å². The molecule has 2 aromatic carbocycles. The van der Waals surface area contributed by atoms with Crippen molar-refractivity contribution in [3.8, 4) is 0 Å². The Morgan fingerprint density at radius 3 is 2.11 bits per heavy atom. The highest BCUT2D eigenvalue weighted by Gasteiger charge is 2.36. The van der Waals surface area contributed by atoms with Crippen LogP contribution in [0.5, 0.6) is 0 Å². The number of carbonyl (C=O) groups excluding carboxylic acids is 3. The topological polar surface area (TPSA) is 110 Å². The molecule has 1 heterocycles. The summed E-state index contributed by atoms with van der Waals surface area (Å²) < 4.78 is 29.2. The molecule has 3 rings (SSSR count). The summed E-state index contributed by atoms with van der Waals surface area (Å²) in [5.74, 6) is -1.59.